The molecular formula is C12H21ClN2O2. The Bertz CT molecular complexity index is 374. The molecule has 0 unspecified atom stereocenters. The van der Waals surface area contributed by atoms with Gasteiger partial charge in [-0.3, -0.25) is 4.79 Å². The van der Waals surface area contributed by atoms with Gasteiger partial charge in [0.05, 0.1) is 11.8 Å². The summed E-state index contributed by atoms with van der Waals surface area (Å²) in [4.78, 5) is 13.7. The van der Waals surface area contributed by atoms with Gasteiger partial charge in [0.25, 0.3) is 5.91 Å². The summed E-state index contributed by atoms with van der Waals surface area (Å²) in [5.41, 5.74) is 6.20. The number of nitrogens with two attached hydrogens (primary N) is 1. The van der Waals surface area contributed by atoms with Gasteiger partial charge in [-0.05, 0) is 24.9 Å². The van der Waals surface area contributed by atoms with Crippen molar-refractivity contribution in [2.75, 3.05) is 20.1 Å². The second-order valence-corrected chi connectivity index (χ2v) is 4.92. The molecule has 0 saturated carbocycles. The van der Waals surface area contributed by atoms with E-state index in [0.717, 1.165) is 0 Å². The molecule has 0 bridgehead atoms. The van der Waals surface area contributed by atoms with Crippen LogP contribution >= 0.6 is 12.4 Å². The highest BCUT2D eigenvalue weighted by atomic mass is 35.5. The van der Waals surface area contributed by atoms with Gasteiger partial charge in [-0.15, -0.1) is 12.4 Å². The molecule has 0 saturated heterocycles. The first-order chi connectivity index (χ1) is 7.37. The summed E-state index contributed by atoms with van der Waals surface area (Å²) in [5.74, 6) is 0.634. The Kier molecular flexibility index (Phi) is 5.72. The van der Waals surface area contributed by atoms with Crippen LogP contribution in [0.5, 0.6) is 0 Å². The molecule has 1 rings (SSSR count). The van der Waals surface area contributed by atoms with E-state index >= 15 is 0 Å². The number of carbonyl (C=O) groups is 1. The van der Waals surface area contributed by atoms with Crippen molar-refractivity contribution in [2.45, 2.75) is 20.8 Å². The lowest BCUT2D eigenvalue weighted by molar-refractivity contribution is 0.0739. The molecule has 0 aliphatic heterocycles. The smallest absolute Gasteiger partial charge is 0.257 e. The first-order valence-electron chi connectivity index (χ1n) is 5.37. The highest BCUT2D eigenvalue weighted by Crippen LogP contribution is 2.17. The predicted octanol–water partition coefficient (Wildman–Crippen LogP) is 2.07. The summed E-state index contributed by atoms with van der Waals surface area (Å²) in [5, 5.41) is 0. The number of halogens is 1. The zero-order valence-electron chi connectivity index (χ0n) is 10.8. The Balaban J connectivity index is 0.00000256. The molecule has 2 N–H and O–H groups in total. The number of aryl methyl sites for hydroxylation is 1. The predicted molar refractivity (Wildman–Crippen MR) is 70.5 cm³/mol. The Morgan fingerprint density at radius 3 is 2.53 bits per heavy atom. The van der Waals surface area contributed by atoms with Crippen LogP contribution in [0.2, 0.25) is 0 Å². The van der Waals surface area contributed by atoms with Gasteiger partial charge in [0.15, 0.2) is 0 Å². The van der Waals surface area contributed by atoms with Gasteiger partial charge < -0.3 is 15.1 Å². The molecule has 0 aliphatic rings. The molecule has 0 spiro atoms. The minimum atomic E-state index is -0.0674. The zero-order valence-corrected chi connectivity index (χ0v) is 11.6. The average molecular weight is 261 g/mol. The second kappa shape index (κ2) is 6.07. The summed E-state index contributed by atoms with van der Waals surface area (Å²) in [7, 11) is 1.78. The van der Waals surface area contributed by atoms with Crippen LogP contribution < -0.4 is 5.73 Å². The average Bonchev–Trinajstić information content (AvgIpc) is 2.62. The molecule has 98 valence electrons. The van der Waals surface area contributed by atoms with E-state index in [0.29, 0.717) is 24.4 Å². The van der Waals surface area contributed by atoms with E-state index in [1.807, 2.05) is 13.8 Å². The fourth-order valence-electron chi connectivity index (χ4n) is 1.59. The monoisotopic (exact) mass is 260 g/mol. The maximum absolute atomic E-state index is 12.0. The lowest BCUT2D eigenvalue weighted by Crippen LogP contribution is -2.39. The molecule has 4 nitrogen and oxygen atoms in total. The van der Waals surface area contributed by atoms with Gasteiger partial charge in [-0.1, -0.05) is 13.8 Å². The largest absolute Gasteiger partial charge is 0.469 e. The third kappa shape index (κ3) is 4.06. The highest BCUT2D eigenvalue weighted by molar-refractivity contribution is 5.94. The molecule has 0 aromatic carbocycles. The first kappa shape index (κ1) is 16.0. The molecule has 1 amide bonds. The van der Waals surface area contributed by atoms with Crippen LogP contribution in [0.1, 0.15) is 30.0 Å². The van der Waals surface area contributed by atoms with Gasteiger partial charge >= 0.3 is 0 Å². The molecule has 5 heteroatoms. The van der Waals surface area contributed by atoms with Crippen molar-refractivity contribution in [1.29, 1.82) is 0 Å². The molecule has 17 heavy (non-hydrogen) atoms. The molecule has 0 aliphatic carbocycles. The van der Waals surface area contributed by atoms with Crippen LogP contribution in [-0.4, -0.2) is 30.9 Å². The van der Waals surface area contributed by atoms with Crippen molar-refractivity contribution in [3.05, 3.63) is 23.7 Å². The fraction of sp³-hybridized carbons (Fsp3) is 0.583. The second-order valence-electron chi connectivity index (χ2n) is 4.92. The Morgan fingerprint density at radius 2 is 2.12 bits per heavy atom. The quantitative estimate of drug-likeness (QED) is 0.902. The molecule has 1 aromatic rings. The molecule has 0 fully saturated rings. The highest BCUT2D eigenvalue weighted by Gasteiger charge is 2.23. The van der Waals surface area contributed by atoms with Crippen LogP contribution in [0, 0.1) is 12.3 Å². The molecule has 0 atom stereocenters. The zero-order chi connectivity index (χ0) is 12.3. The van der Waals surface area contributed by atoms with Crippen molar-refractivity contribution < 1.29 is 9.21 Å². The van der Waals surface area contributed by atoms with Gasteiger partial charge in [0, 0.05) is 13.6 Å². The van der Waals surface area contributed by atoms with E-state index in [2.05, 4.69) is 0 Å². The third-order valence-electron chi connectivity index (χ3n) is 2.65. The molecule has 1 heterocycles. The van der Waals surface area contributed by atoms with Crippen molar-refractivity contribution >= 4 is 18.3 Å². The molecule has 1 aromatic heterocycles. The Morgan fingerprint density at radius 1 is 1.53 bits per heavy atom. The number of rotatable bonds is 4. The van der Waals surface area contributed by atoms with Crippen LogP contribution in [0.3, 0.4) is 0 Å². The van der Waals surface area contributed by atoms with Gasteiger partial charge in [0.2, 0.25) is 0 Å². The van der Waals surface area contributed by atoms with E-state index in [9.17, 15) is 4.79 Å². The SMILES string of the molecule is Cc1occc1C(=O)N(C)CC(C)(C)CN.Cl. The van der Waals surface area contributed by atoms with Gasteiger partial charge in [-0.2, -0.15) is 0 Å². The Labute approximate surface area is 109 Å². The molecular weight excluding hydrogens is 240 g/mol. The topological polar surface area (TPSA) is 59.5 Å². The van der Waals surface area contributed by atoms with E-state index in [-0.39, 0.29) is 23.7 Å². The number of carbonyl (C=O) groups excluding carboxylic acids is 1. The summed E-state index contributed by atoms with van der Waals surface area (Å²) in [6.45, 7) is 7.05. The van der Waals surface area contributed by atoms with E-state index in [1.165, 1.54) is 6.26 Å². The van der Waals surface area contributed by atoms with Gasteiger partial charge in [-0.25, -0.2) is 0 Å². The normalized spacial score (nSPS) is 10.9. The van der Waals surface area contributed by atoms with Crippen molar-refractivity contribution in [3.63, 3.8) is 0 Å². The number of amides is 1. The maximum Gasteiger partial charge on any atom is 0.257 e. The van der Waals surface area contributed by atoms with Crippen LogP contribution in [0.4, 0.5) is 0 Å². The van der Waals surface area contributed by atoms with E-state index < -0.39 is 0 Å². The van der Waals surface area contributed by atoms with Crippen LogP contribution in [0.25, 0.3) is 0 Å². The van der Waals surface area contributed by atoms with E-state index in [1.54, 1.807) is 24.9 Å². The van der Waals surface area contributed by atoms with Crippen molar-refractivity contribution in [1.82, 2.24) is 4.90 Å². The number of hydrogen-bond acceptors (Lipinski definition) is 3. The summed E-state index contributed by atoms with van der Waals surface area (Å²) in [6, 6.07) is 1.70. The van der Waals surface area contributed by atoms with Gasteiger partial charge in [0.1, 0.15) is 5.76 Å². The van der Waals surface area contributed by atoms with Crippen LogP contribution in [-0.2, 0) is 0 Å². The first-order valence-corrected chi connectivity index (χ1v) is 5.37. The lowest BCUT2D eigenvalue weighted by atomic mass is 9.93. The van der Waals surface area contributed by atoms with E-state index in [4.69, 9.17) is 10.2 Å². The summed E-state index contributed by atoms with van der Waals surface area (Å²) < 4.78 is 5.12. The molecule has 0 radical (unpaired) electrons. The fourth-order valence-corrected chi connectivity index (χ4v) is 1.59. The third-order valence-corrected chi connectivity index (χ3v) is 2.65. The lowest BCUT2D eigenvalue weighted by Gasteiger charge is -2.28. The minimum absolute atomic E-state index is 0. The number of hydrogen-bond donors (Lipinski definition) is 1. The standard InChI is InChI=1S/C12H20N2O2.ClH/c1-9-10(5-6-16-9)11(15)14(4)8-12(2,3)7-13;/h5-6H,7-8,13H2,1-4H3;1H. The number of furan rings is 1. The summed E-state index contributed by atoms with van der Waals surface area (Å²) >= 11 is 0. The van der Waals surface area contributed by atoms with Crippen LogP contribution in [0.15, 0.2) is 16.7 Å². The minimum Gasteiger partial charge on any atom is -0.469 e. The van der Waals surface area contributed by atoms with Crippen molar-refractivity contribution in [3.8, 4) is 0 Å². The maximum atomic E-state index is 12.0. The number of nitrogens with zero attached hydrogens (tertiary/aromatic N) is 1. The Hall–Kier alpha value is -1.00. The summed E-state index contributed by atoms with van der Waals surface area (Å²) in [6.07, 6.45) is 1.53. The van der Waals surface area contributed by atoms with Crippen molar-refractivity contribution in [2.24, 2.45) is 11.1 Å².